The van der Waals surface area contributed by atoms with Crippen LogP contribution in [0.3, 0.4) is 0 Å². The second kappa shape index (κ2) is 8.14. The topological polar surface area (TPSA) is 79.7 Å². The number of fused-ring (bicyclic) bond motifs is 1. The number of benzene rings is 2. The number of carbonyl (C=O) groups excluding carboxylic acids is 1. The summed E-state index contributed by atoms with van der Waals surface area (Å²) in [5, 5.41) is 10.1. The third-order valence-electron chi connectivity index (χ3n) is 3.94. The lowest BCUT2D eigenvalue weighted by Crippen LogP contribution is -2.32. The average Bonchev–Trinajstić information content (AvgIpc) is 2.70. The summed E-state index contributed by atoms with van der Waals surface area (Å²) in [5.74, 6) is -0.877. The Kier molecular flexibility index (Phi) is 5.47. The number of rotatable bonds is 6. The number of amides is 1. The van der Waals surface area contributed by atoms with E-state index >= 15 is 0 Å². The molecule has 0 aliphatic heterocycles. The predicted molar refractivity (Wildman–Crippen MR) is 103 cm³/mol. The Balaban J connectivity index is 2.09. The number of anilines is 1. The number of carboxylic acids is 1. The largest absolute Gasteiger partial charge is 0.478 e. The predicted octanol–water partition coefficient (Wildman–Crippen LogP) is 4.26. The van der Waals surface area contributed by atoms with Crippen LogP contribution in [0.25, 0.3) is 10.9 Å². The number of para-hydroxylation sites is 1. The number of aromatic nitrogens is 1. The molecule has 0 atom stereocenters. The van der Waals surface area contributed by atoms with Crippen molar-refractivity contribution in [2.45, 2.75) is 6.54 Å². The van der Waals surface area contributed by atoms with E-state index in [9.17, 15) is 14.7 Å². The molecule has 0 saturated carbocycles. The van der Waals surface area contributed by atoms with Crippen molar-refractivity contribution < 1.29 is 19.4 Å². The molecule has 0 fully saturated rings. The highest BCUT2D eigenvalue weighted by Crippen LogP contribution is 2.25. The van der Waals surface area contributed by atoms with E-state index in [1.54, 1.807) is 24.3 Å². The monoisotopic (exact) mass is 362 g/mol. The fourth-order valence-corrected chi connectivity index (χ4v) is 2.69. The Morgan fingerprint density at radius 2 is 1.81 bits per heavy atom. The van der Waals surface area contributed by atoms with E-state index in [1.165, 1.54) is 17.0 Å². The van der Waals surface area contributed by atoms with E-state index in [0.29, 0.717) is 10.9 Å². The van der Waals surface area contributed by atoms with Crippen molar-refractivity contribution in [3.63, 3.8) is 0 Å². The summed E-state index contributed by atoms with van der Waals surface area (Å²) in [4.78, 5) is 30.1. The van der Waals surface area contributed by atoms with Crippen LogP contribution >= 0.6 is 0 Å². The van der Waals surface area contributed by atoms with Crippen LogP contribution in [-0.4, -0.2) is 28.8 Å². The van der Waals surface area contributed by atoms with Crippen LogP contribution in [0.15, 0.2) is 73.3 Å². The van der Waals surface area contributed by atoms with Crippen LogP contribution in [0.2, 0.25) is 0 Å². The van der Waals surface area contributed by atoms with E-state index in [2.05, 4.69) is 11.6 Å². The summed E-state index contributed by atoms with van der Waals surface area (Å²) >= 11 is 0. The van der Waals surface area contributed by atoms with Gasteiger partial charge in [-0.15, -0.1) is 0 Å². The Morgan fingerprint density at radius 1 is 1.11 bits per heavy atom. The van der Waals surface area contributed by atoms with Gasteiger partial charge in [0, 0.05) is 5.39 Å². The van der Waals surface area contributed by atoms with Gasteiger partial charge in [-0.05, 0) is 17.7 Å². The highest BCUT2D eigenvalue weighted by atomic mass is 16.6. The lowest BCUT2D eigenvalue weighted by molar-refractivity contribution is 0.0699. The maximum absolute atomic E-state index is 12.6. The Labute approximate surface area is 156 Å². The molecule has 0 radical (unpaired) electrons. The fraction of sp³-hybridized carbons (Fsp3) is 0.0952. The molecule has 0 aliphatic rings. The maximum atomic E-state index is 12.6. The second-order valence-electron chi connectivity index (χ2n) is 5.79. The highest BCUT2D eigenvalue weighted by Gasteiger charge is 2.22. The van der Waals surface area contributed by atoms with E-state index in [1.807, 2.05) is 30.3 Å². The van der Waals surface area contributed by atoms with Gasteiger partial charge in [-0.2, -0.15) is 0 Å². The average molecular weight is 362 g/mol. The molecule has 136 valence electrons. The Hall–Kier alpha value is -3.67. The molecule has 0 unspecified atom stereocenters. The number of carboxylic acid groups (broad SMARTS) is 1. The number of aromatic carboxylic acids is 1. The summed E-state index contributed by atoms with van der Waals surface area (Å²) in [6.45, 7) is 3.78. The molecule has 1 heterocycles. The molecule has 6 nitrogen and oxygen atoms in total. The molecule has 2 aromatic carbocycles. The van der Waals surface area contributed by atoms with Gasteiger partial charge in [-0.25, -0.2) is 14.6 Å². The number of nitrogens with zero attached hydrogens (tertiary/aromatic N) is 2. The smallest absolute Gasteiger partial charge is 0.416 e. The molecule has 0 bridgehead atoms. The molecule has 0 spiro atoms. The lowest BCUT2D eigenvalue weighted by atomic mass is 10.1. The van der Waals surface area contributed by atoms with Gasteiger partial charge in [0.25, 0.3) is 0 Å². The molecule has 1 aromatic heterocycles. The quantitative estimate of drug-likeness (QED) is 0.663. The number of ether oxygens (including phenoxy) is 1. The van der Waals surface area contributed by atoms with Crippen LogP contribution in [0.4, 0.5) is 10.6 Å². The zero-order chi connectivity index (χ0) is 19.2. The van der Waals surface area contributed by atoms with Crippen molar-refractivity contribution in [1.29, 1.82) is 0 Å². The van der Waals surface area contributed by atoms with Gasteiger partial charge in [0.15, 0.2) is 0 Å². The minimum atomic E-state index is -1.09. The van der Waals surface area contributed by atoms with Gasteiger partial charge in [0.2, 0.25) is 0 Å². The minimum absolute atomic E-state index is 0.0451. The van der Waals surface area contributed by atoms with E-state index in [4.69, 9.17) is 4.74 Å². The molecule has 6 heteroatoms. The molecule has 3 aromatic rings. The first-order chi connectivity index (χ1) is 13.1. The first-order valence-electron chi connectivity index (χ1n) is 8.32. The number of hydrogen-bond donors (Lipinski definition) is 1. The number of carbonyl (C=O) groups is 2. The SMILES string of the molecule is C=CCOC(=O)N(Cc1ccccc1)c1cc(C(=O)O)c2ccccc2n1. The van der Waals surface area contributed by atoms with E-state index < -0.39 is 12.1 Å². The third-order valence-corrected chi connectivity index (χ3v) is 3.94. The van der Waals surface area contributed by atoms with Crippen LogP contribution in [0, 0.1) is 0 Å². The summed E-state index contributed by atoms with van der Waals surface area (Å²) in [6, 6.07) is 17.6. The van der Waals surface area contributed by atoms with Crippen molar-refractivity contribution in [2.24, 2.45) is 0 Å². The van der Waals surface area contributed by atoms with Crippen LogP contribution in [-0.2, 0) is 11.3 Å². The van der Waals surface area contributed by atoms with E-state index in [0.717, 1.165) is 5.56 Å². The normalized spacial score (nSPS) is 10.4. The molecular weight excluding hydrogens is 344 g/mol. The molecule has 3 rings (SSSR count). The van der Waals surface area contributed by atoms with Gasteiger partial charge < -0.3 is 9.84 Å². The van der Waals surface area contributed by atoms with Crippen LogP contribution < -0.4 is 4.90 Å². The molecule has 1 N–H and O–H groups in total. The molecule has 27 heavy (non-hydrogen) atoms. The first-order valence-corrected chi connectivity index (χ1v) is 8.32. The summed E-state index contributed by atoms with van der Waals surface area (Å²) < 4.78 is 5.17. The molecule has 0 aliphatic carbocycles. The summed E-state index contributed by atoms with van der Waals surface area (Å²) in [5.41, 5.74) is 1.42. The first kappa shape index (κ1) is 18.1. The fourth-order valence-electron chi connectivity index (χ4n) is 2.69. The van der Waals surface area contributed by atoms with Crippen molar-refractivity contribution in [2.75, 3.05) is 11.5 Å². The van der Waals surface area contributed by atoms with Crippen molar-refractivity contribution in [1.82, 2.24) is 4.98 Å². The van der Waals surface area contributed by atoms with Gasteiger partial charge in [0.1, 0.15) is 12.4 Å². The van der Waals surface area contributed by atoms with Crippen LogP contribution in [0.1, 0.15) is 15.9 Å². The van der Waals surface area contributed by atoms with E-state index in [-0.39, 0.29) is 24.5 Å². The molecule has 0 saturated heterocycles. The van der Waals surface area contributed by atoms with Crippen molar-refractivity contribution in [3.8, 4) is 0 Å². The van der Waals surface area contributed by atoms with Gasteiger partial charge >= 0.3 is 12.1 Å². The molecule has 1 amide bonds. The van der Waals surface area contributed by atoms with Gasteiger partial charge in [-0.1, -0.05) is 61.2 Å². The van der Waals surface area contributed by atoms with Gasteiger partial charge in [-0.3, -0.25) is 4.90 Å². The zero-order valence-corrected chi connectivity index (χ0v) is 14.5. The number of pyridine rings is 1. The minimum Gasteiger partial charge on any atom is -0.478 e. The Bertz CT molecular complexity index is 986. The standard InChI is InChI=1S/C21H18N2O4/c1-2-12-27-21(26)23(14-15-8-4-3-5-9-15)19-13-17(20(24)25)16-10-6-7-11-18(16)22-19/h2-11,13H,1,12,14H2,(H,24,25). The third kappa shape index (κ3) is 4.12. The Morgan fingerprint density at radius 3 is 2.52 bits per heavy atom. The van der Waals surface area contributed by atoms with Gasteiger partial charge in [0.05, 0.1) is 17.6 Å². The zero-order valence-electron chi connectivity index (χ0n) is 14.5. The van der Waals surface area contributed by atoms with Crippen LogP contribution in [0.5, 0.6) is 0 Å². The number of hydrogen-bond acceptors (Lipinski definition) is 4. The summed E-state index contributed by atoms with van der Waals surface area (Å²) in [7, 11) is 0. The summed E-state index contributed by atoms with van der Waals surface area (Å²) in [6.07, 6.45) is 0.840. The maximum Gasteiger partial charge on any atom is 0.416 e. The van der Waals surface area contributed by atoms with Crippen molar-refractivity contribution >= 4 is 28.8 Å². The molecular formula is C21H18N2O4. The van der Waals surface area contributed by atoms with Crippen molar-refractivity contribution in [3.05, 3.63) is 84.4 Å². The lowest BCUT2D eigenvalue weighted by Gasteiger charge is -2.22. The highest BCUT2D eigenvalue weighted by molar-refractivity contribution is 6.04. The second-order valence-corrected chi connectivity index (χ2v) is 5.79.